The number of amidine groups is 2. The zero-order valence-electron chi connectivity index (χ0n) is 17.7. The van der Waals surface area contributed by atoms with Gasteiger partial charge in [-0.1, -0.05) is 35.9 Å². The standard InChI is InChI=1S/C24H21ClN4O3S/c25-19-9-12-22-26-23(21-6-2-1-5-18(21)15-28(22)16-19)27-24(30)17-7-10-20(11-8-17)33(31,32)29-13-3-4-14-29/h1-2,5-12,16H,3-4,13-15H2. The molecule has 5 rings (SSSR count). The van der Waals surface area contributed by atoms with Crippen LogP contribution < -0.4 is 0 Å². The third-order valence-electron chi connectivity index (χ3n) is 5.80. The topological polar surface area (TPSA) is 82.4 Å². The van der Waals surface area contributed by atoms with Gasteiger partial charge in [0.15, 0.2) is 5.84 Å². The fraction of sp³-hybridized carbons (Fsp3) is 0.208. The van der Waals surface area contributed by atoms with E-state index in [-0.39, 0.29) is 4.90 Å². The first kappa shape index (κ1) is 21.8. The number of halogens is 1. The summed E-state index contributed by atoms with van der Waals surface area (Å²) in [6.07, 6.45) is 7.05. The molecule has 0 aromatic heterocycles. The van der Waals surface area contributed by atoms with Crippen molar-refractivity contribution in [3.05, 3.63) is 88.6 Å². The number of hydrogen-bond acceptors (Lipinski definition) is 4. The van der Waals surface area contributed by atoms with Crippen LogP contribution in [0.3, 0.4) is 0 Å². The largest absolute Gasteiger partial charge is 0.327 e. The lowest BCUT2D eigenvalue weighted by molar-refractivity contribution is 0.100. The zero-order chi connectivity index (χ0) is 23.0. The van der Waals surface area contributed by atoms with E-state index in [0.717, 1.165) is 24.0 Å². The second-order valence-corrected chi connectivity index (χ2v) is 10.4. The van der Waals surface area contributed by atoms with Crippen LogP contribution in [-0.2, 0) is 16.6 Å². The minimum absolute atomic E-state index is 0.181. The number of benzene rings is 2. The molecule has 2 aromatic rings. The maximum absolute atomic E-state index is 13.0. The molecule has 1 amide bonds. The van der Waals surface area contributed by atoms with E-state index < -0.39 is 15.9 Å². The number of rotatable bonds is 3. The van der Waals surface area contributed by atoms with Crippen LogP contribution in [0.1, 0.15) is 34.3 Å². The number of fused-ring (bicyclic) bond motifs is 2. The molecule has 0 bridgehead atoms. The highest BCUT2D eigenvalue weighted by molar-refractivity contribution is 7.89. The first-order valence-electron chi connectivity index (χ1n) is 10.6. The Bertz CT molecular complexity index is 1340. The SMILES string of the molecule is O=C(N=C1N=C2C=CC(Cl)=CN2Cc2ccccc21)c1ccc(S(=O)(=O)N2CCCC2)cc1. The molecular formula is C24H21ClN4O3S. The van der Waals surface area contributed by atoms with Crippen LogP contribution in [0.2, 0.25) is 0 Å². The first-order valence-corrected chi connectivity index (χ1v) is 12.5. The number of sulfonamides is 1. The van der Waals surface area contributed by atoms with Crippen molar-refractivity contribution in [3.63, 3.8) is 0 Å². The maximum atomic E-state index is 13.0. The lowest BCUT2D eigenvalue weighted by Crippen LogP contribution is -2.27. The predicted octanol–water partition coefficient (Wildman–Crippen LogP) is 3.92. The maximum Gasteiger partial charge on any atom is 0.279 e. The van der Waals surface area contributed by atoms with Gasteiger partial charge in [0.1, 0.15) is 5.84 Å². The van der Waals surface area contributed by atoms with Gasteiger partial charge in [-0.15, -0.1) is 0 Å². The predicted molar refractivity (Wildman–Crippen MR) is 128 cm³/mol. The molecule has 7 nitrogen and oxygen atoms in total. The van der Waals surface area contributed by atoms with E-state index in [0.29, 0.717) is 41.9 Å². The van der Waals surface area contributed by atoms with Gasteiger partial charge in [0.05, 0.1) is 9.93 Å². The molecule has 1 saturated heterocycles. The summed E-state index contributed by atoms with van der Waals surface area (Å²) < 4.78 is 26.9. The highest BCUT2D eigenvalue weighted by Gasteiger charge is 2.27. The average molecular weight is 481 g/mol. The molecule has 0 atom stereocenters. The number of aliphatic imine (C=N–C) groups is 2. The Hall–Kier alpha value is -3.07. The van der Waals surface area contributed by atoms with Gasteiger partial charge in [0, 0.05) is 37.0 Å². The molecule has 0 radical (unpaired) electrons. The van der Waals surface area contributed by atoms with Crippen LogP contribution in [0.4, 0.5) is 0 Å². The summed E-state index contributed by atoms with van der Waals surface area (Å²) in [6.45, 7) is 1.61. The Kier molecular flexibility index (Phi) is 5.74. The van der Waals surface area contributed by atoms with Gasteiger partial charge in [0.2, 0.25) is 10.0 Å². The molecule has 0 unspecified atom stereocenters. The van der Waals surface area contributed by atoms with E-state index in [4.69, 9.17) is 11.6 Å². The molecule has 0 saturated carbocycles. The highest BCUT2D eigenvalue weighted by Crippen LogP contribution is 2.24. The molecule has 0 spiro atoms. The molecule has 2 aromatic carbocycles. The molecule has 168 valence electrons. The molecule has 3 aliphatic rings. The summed E-state index contributed by atoms with van der Waals surface area (Å²) in [7, 11) is -3.54. The summed E-state index contributed by atoms with van der Waals surface area (Å²) in [5.74, 6) is 0.447. The monoisotopic (exact) mass is 480 g/mol. The van der Waals surface area contributed by atoms with Crippen molar-refractivity contribution in [1.82, 2.24) is 9.21 Å². The molecule has 0 aliphatic carbocycles. The van der Waals surface area contributed by atoms with Gasteiger partial charge in [0.25, 0.3) is 5.91 Å². The average Bonchev–Trinajstić information content (AvgIpc) is 3.32. The number of carbonyl (C=O) groups excluding carboxylic acids is 1. The van der Waals surface area contributed by atoms with Crippen molar-refractivity contribution in [2.75, 3.05) is 13.1 Å². The van der Waals surface area contributed by atoms with Crippen molar-refractivity contribution in [2.24, 2.45) is 9.98 Å². The summed E-state index contributed by atoms with van der Waals surface area (Å²) in [4.78, 5) is 24.0. The smallest absolute Gasteiger partial charge is 0.279 e. The molecule has 0 N–H and O–H groups in total. The Morgan fingerprint density at radius 2 is 1.73 bits per heavy atom. The van der Waals surface area contributed by atoms with Crippen LogP contribution in [-0.4, -0.2) is 48.3 Å². The van der Waals surface area contributed by atoms with Gasteiger partial charge in [-0.2, -0.15) is 9.30 Å². The van der Waals surface area contributed by atoms with Crippen molar-refractivity contribution in [1.29, 1.82) is 0 Å². The number of carbonyl (C=O) groups is 1. The van der Waals surface area contributed by atoms with E-state index >= 15 is 0 Å². The summed E-state index contributed by atoms with van der Waals surface area (Å²) in [5, 5.41) is 0.590. The number of allylic oxidation sites excluding steroid dienone is 2. The van der Waals surface area contributed by atoms with Crippen molar-refractivity contribution >= 4 is 39.2 Å². The summed E-state index contributed by atoms with van der Waals surface area (Å²) >= 11 is 6.15. The van der Waals surface area contributed by atoms with Crippen molar-refractivity contribution < 1.29 is 13.2 Å². The first-order chi connectivity index (χ1) is 15.9. The van der Waals surface area contributed by atoms with E-state index in [2.05, 4.69) is 9.98 Å². The lowest BCUT2D eigenvalue weighted by atomic mass is 10.1. The fourth-order valence-electron chi connectivity index (χ4n) is 4.06. The Morgan fingerprint density at radius 1 is 1.00 bits per heavy atom. The van der Waals surface area contributed by atoms with E-state index in [1.165, 1.54) is 28.6 Å². The minimum Gasteiger partial charge on any atom is -0.327 e. The van der Waals surface area contributed by atoms with Gasteiger partial charge in [-0.25, -0.2) is 13.4 Å². The molecule has 1 fully saturated rings. The van der Waals surface area contributed by atoms with Crippen LogP contribution in [0, 0.1) is 0 Å². The van der Waals surface area contributed by atoms with Crippen LogP contribution in [0.25, 0.3) is 0 Å². The molecule has 33 heavy (non-hydrogen) atoms. The number of amides is 1. The van der Waals surface area contributed by atoms with Crippen molar-refractivity contribution in [3.8, 4) is 0 Å². The Labute approximate surface area is 197 Å². The van der Waals surface area contributed by atoms with Crippen molar-refractivity contribution in [2.45, 2.75) is 24.3 Å². The second kappa shape index (κ2) is 8.70. The fourth-order valence-corrected chi connectivity index (χ4v) is 5.76. The molecular weight excluding hydrogens is 460 g/mol. The highest BCUT2D eigenvalue weighted by atomic mass is 35.5. The molecule has 9 heteroatoms. The third kappa shape index (κ3) is 4.29. The van der Waals surface area contributed by atoms with Gasteiger partial charge >= 0.3 is 0 Å². The molecule has 3 heterocycles. The van der Waals surface area contributed by atoms with Crippen LogP contribution >= 0.6 is 11.6 Å². The zero-order valence-corrected chi connectivity index (χ0v) is 19.3. The van der Waals surface area contributed by atoms with E-state index in [1.807, 2.05) is 29.2 Å². The minimum atomic E-state index is -3.54. The second-order valence-electron chi connectivity index (χ2n) is 7.98. The van der Waals surface area contributed by atoms with Gasteiger partial charge < -0.3 is 4.90 Å². The Balaban J connectivity index is 1.47. The molecule has 3 aliphatic heterocycles. The van der Waals surface area contributed by atoms with Crippen LogP contribution in [0.15, 0.2) is 86.8 Å². The van der Waals surface area contributed by atoms with E-state index in [9.17, 15) is 13.2 Å². The third-order valence-corrected chi connectivity index (χ3v) is 7.93. The lowest BCUT2D eigenvalue weighted by Gasteiger charge is -2.21. The number of hydrogen-bond donors (Lipinski definition) is 0. The van der Waals surface area contributed by atoms with Gasteiger partial charge in [-0.05, 0) is 54.8 Å². The summed E-state index contributed by atoms with van der Waals surface area (Å²) in [6, 6.07) is 13.6. The normalized spacial score (nSPS) is 19.5. The summed E-state index contributed by atoms with van der Waals surface area (Å²) in [5.41, 5.74) is 2.02. The van der Waals surface area contributed by atoms with Crippen LogP contribution in [0.5, 0.6) is 0 Å². The Morgan fingerprint density at radius 3 is 2.48 bits per heavy atom. The van der Waals surface area contributed by atoms with E-state index in [1.54, 1.807) is 18.4 Å². The number of nitrogens with zero attached hydrogens (tertiary/aromatic N) is 4. The van der Waals surface area contributed by atoms with Gasteiger partial charge in [-0.3, -0.25) is 4.79 Å². The quantitative estimate of drug-likeness (QED) is 0.666.